The van der Waals surface area contributed by atoms with Gasteiger partial charge in [-0.2, -0.15) is 0 Å². The van der Waals surface area contributed by atoms with Gasteiger partial charge in [-0.3, -0.25) is 4.90 Å². The van der Waals surface area contributed by atoms with Crippen LogP contribution in [-0.4, -0.2) is 42.3 Å². The second kappa shape index (κ2) is 12.9. The summed E-state index contributed by atoms with van der Waals surface area (Å²) >= 11 is 11.9. The number of halogens is 3. The van der Waals surface area contributed by atoms with Crippen LogP contribution in [0, 0.1) is 5.82 Å². The van der Waals surface area contributed by atoms with Crippen LogP contribution in [0.1, 0.15) is 50.5 Å². The number of aromatic nitrogens is 2. The van der Waals surface area contributed by atoms with Gasteiger partial charge in [-0.15, -0.1) is 0 Å². The number of thioether (sulfide) groups is 1. The lowest BCUT2D eigenvalue weighted by molar-refractivity contribution is 0.0710. The molecular formula is C34H35BrClFN4O2S. The largest absolute Gasteiger partial charge is 0.497 e. The van der Waals surface area contributed by atoms with E-state index in [1.165, 1.54) is 16.7 Å². The summed E-state index contributed by atoms with van der Waals surface area (Å²) in [5, 5.41) is 0.773. The number of ether oxygens (including phenoxy) is 2. The maximum atomic E-state index is 16.5. The highest BCUT2D eigenvalue weighted by Gasteiger charge is 2.47. The van der Waals surface area contributed by atoms with Crippen LogP contribution in [0.2, 0.25) is 5.15 Å². The highest BCUT2D eigenvalue weighted by molar-refractivity contribution is 9.10. The summed E-state index contributed by atoms with van der Waals surface area (Å²) < 4.78 is 53.9. The van der Waals surface area contributed by atoms with Crippen LogP contribution < -0.4 is 14.4 Å². The summed E-state index contributed by atoms with van der Waals surface area (Å²) in [6.07, 6.45) is 3.79. The molecule has 1 spiro atoms. The summed E-state index contributed by atoms with van der Waals surface area (Å²) in [6.45, 7) is -1.54. The molecule has 4 aromatic rings. The van der Waals surface area contributed by atoms with E-state index in [1.54, 1.807) is 20.3 Å². The average Bonchev–Trinajstić information content (AvgIpc) is 3.05. The van der Waals surface area contributed by atoms with Crippen molar-refractivity contribution in [2.75, 3.05) is 32.4 Å². The van der Waals surface area contributed by atoms with E-state index >= 15 is 4.39 Å². The number of hydrogen-bond acceptors (Lipinski definition) is 7. The molecule has 1 aliphatic carbocycles. The maximum Gasteiger partial charge on any atom is 0.188 e. The van der Waals surface area contributed by atoms with Gasteiger partial charge in [0.1, 0.15) is 22.5 Å². The smallest absolute Gasteiger partial charge is 0.188 e. The first-order valence-electron chi connectivity index (χ1n) is 15.9. The molecule has 0 saturated heterocycles. The van der Waals surface area contributed by atoms with Gasteiger partial charge in [-0.1, -0.05) is 47.6 Å². The highest BCUT2D eigenvalue weighted by atomic mass is 79.9. The molecule has 0 bridgehead atoms. The average molecular weight is 701 g/mol. The summed E-state index contributed by atoms with van der Waals surface area (Å²) in [5.74, 6) is 1.14. The first-order valence-corrected chi connectivity index (χ1v) is 16.8. The van der Waals surface area contributed by atoms with Gasteiger partial charge in [0, 0.05) is 40.2 Å². The summed E-state index contributed by atoms with van der Waals surface area (Å²) in [7, 11) is 3.25. The van der Waals surface area contributed by atoms with Gasteiger partial charge in [0.15, 0.2) is 5.16 Å². The Hall–Kier alpha value is -2.85. The predicted octanol–water partition coefficient (Wildman–Crippen LogP) is 8.20. The number of anilines is 1. The van der Waals surface area contributed by atoms with Gasteiger partial charge >= 0.3 is 0 Å². The lowest BCUT2D eigenvalue weighted by Crippen LogP contribution is -2.51. The van der Waals surface area contributed by atoms with Crippen molar-refractivity contribution in [3.05, 3.63) is 104 Å². The molecule has 2 heterocycles. The van der Waals surface area contributed by atoms with Crippen molar-refractivity contribution in [2.24, 2.45) is 0 Å². The monoisotopic (exact) mass is 699 g/mol. The van der Waals surface area contributed by atoms with Crippen molar-refractivity contribution < 1.29 is 18.0 Å². The van der Waals surface area contributed by atoms with Gasteiger partial charge in [0.2, 0.25) is 0 Å². The molecular weight excluding hydrogens is 663 g/mol. The molecule has 6 rings (SSSR count). The van der Waals surface area contributed by atoms with Crippen molar-refractivity contribution in [1.82, 2.24) is 14.9 Å². The van der Waals surface area contributed by atoms with Crippen molar-refractivity contribution >= 4 is 45.0 Å². The van der Waals surface area contributed by atoms with Crippen LogP contribution in [0.3, 0.4) is 0 Å². The molecule has 0 saturated carbocycles. The van der Waals surface area contributed by atoms with Crippen LogP contribution >= 0.6 is 39.3 Å². The minimum Gasteiger partial charge on any atom is -0.497 e. The number of nitrogens with zero attached hydrogens (tertiary/aromatic N) is 4. The molecule has 3 aromatic carbocycles. The predicted molar refractivity (Wildman–Crippen MR) is 179 cm³/mol. The first-order chi connectivity index (χ1) is 22.5. The Morgan fingerprint density at radius 3 is 2.25 bits per heavy atom. The number of methoxy groups -OCH3 is 2. The molecule has 230 valence electrons. The van der Waals surface area contributed by atoms with Crippen molar-refractivity contribution in [3.8, 4) is 11.5 Å². The third-order valence-corrected chi connectivity index (χ3v) is 10.3. The van der Waals surface area contributed by atoms with Crippen molar-refractivity contribution in [1.29, 1.82) is 0 Å². The fourth-order valence-corrected chi connectivity index (χ4v) is 8.08. The summed E-state index contributed by atoms with van der Waals surface area (Å²) in [5.41, 5.74) is 4.09. The third-order valence-electron chi connectivity index (χ3n) is 8.68. The van der Waals surface area contributed by atoms with Gasteiger partial charge < -0.3 is 14.4 Å². The zero-order valence-corrected chi connectivity index (χ0v) is 28.0. The molecule has 0 fully saturated rings. The maximum absolute atomic E-state index is 16.5. The molecule has 2 aliphatic rings. The van der Waals surface area contributed by atoms with E-state index in [-0.39, 0.29) is 23.9 Å². The van der Waals surface area contributed by atoms with E-state index in [4.69, 9.17) is 30.2 Å². The fourth-order valence-electron chi connectivity index (χ4n) is 6.42. The Morgan fingerprint density at radius 1 is 1.05 bits per heavy atom. The molecule has 1 atom stereocenters. The number of rotatable bonds is 8. The second-order valence-electron chi connectivity index (χ2n) is 11.2. The minimum absolute atomic E-state index is 0.0263. The Morgan fingerprint density at radius 2 is 1.68 bits per heavy atom. The van der Waals surface area contributed by atoms with E-state index < -0.39 is 12.5 Å². The first kappa shape index (κ1) is 27.5. The standard InChI is InChI=1S/C34H35BrClFN4O2S/c1-40-20-26-28(38-33(44-4)39-32(26)36)17-34(40)15-5-6-25-27(37)16-29(31(35)30(25)34)41(18-21-7-11-23(42-2)12-8-21)19-22-9-13-24(43-3)14-10-22/h7-14,16H,5-6,15,17-20H2,1-4H3/i1D3. The van der Waals surface area contributed by atoms with Crippen LogP contribution in [0.4, 0.5) is 10.1 Å². The minimum atomic E-state index is -2.49. The SMILES string of the molecule is [2H]C([2H])([2H])N1Cc2c(Cl)nc(SC)nc2CC12CCCc1c(F)cc(N(Cc3ccc(OC)cc3)Cc3ccc(OC)cc3)c(Br)c12. The Labute approximate surface area is 280 Å². The molecule has 10 heteroatoms. The Balaban J connectivity index is 1.52. The molecule has 0 amide bonds. The molecule has 0 radical (unpaired) electrons. The van der Waals surface area contributed by atoms with Gasteiger partial charge in [0.25, 0.3) is 0 Å². The molecule has 1 aliphatic heterocycles. The van der Waals surface area contributed by atoms with Crippen molar-refractivity contribution in [3.63, 3.8) is 0 Å². The normalized spacial score (nSPS) is 19.0. The van der Waals surface area contributed by atoms with Crippen LogP contribution in [0.15, 0.2) is 64.2 Å². The number of hydrogen-bond donors (Lipinski definition) is 0. The van der Waals surface area contributed by atoms with Gasteiger partial charge in [-0.25, -0.2) is 14.4 Å². The lowest BCUT2D eigenvalue weighted by atomic mass is 9.70. The van der Waals surface area contributed by atoms with E-state index in [9.17, 15) is 0 Å². The summed E-state index contributed by atoms with van der Waals surface area (Å²) in [4.78, 5) is 12.8. The van der Waals surface area contributed by atoms with Crippen molar-refractivity contribution in [2.45, 2.75) is 56.0 Å². The fraction of sp³-hybridized carbons (Fsp3) is 0.353. The quantitative estimate of drug-likeness (QED) is 0.104. The molecule has 1 unspecified atom stereocenters. The van der Waals surface area contributed by atoms with Crippen LogP contribution in [0.25, 0.3) is 0 Å². The topological polar surface area (TPSA) is 50.7 Å². The van der Waals surface area contributed by atoms with Crippen LogP contribution in [0.5, 0.6) is 11.5 Å². The number of likely N-dealkylation sites (N-methyl/N-ethyl adjacent to an activating group) is 1. The molecule has 1 aromatic heterocycles. The molecule has 6 nitrogen and oxygen atoms in total. The lowest BCUT2D eigenvalue weighted by Gasteiger charge is -2.50. The van der Waals surface area contributed by atoms with Crippen LogP contribution in [-0.2, 0) is 38.0 Å². The highest BCUT2D eigenvalue weighted by Crippen LogP contribution is 2.52. The molecule has 44 heavy (non-hydrogen) atoms. The third kappa shape index (κ3) is 5.80. The Kier molecular flexibility index (Phi) is 8.03. The Bertz CT molecular complexity index is 1730. The van der Waals surface area contributed by atoms with E-state index in [0.29, 0.717) is 70.1 Å². The van der Waals surface area contributed by atoms with Gasteiger partial charge in [0.05, 0.1) is 31.1 Å². The number of fused-ring (bicyclic) bond motifs is 3. The zero-order chi connectivity index (χ0) is 33.5. The van der Waals surface area contributed by atoms with E-state index in [0.717, 1.165) is 22.6 Å². The number of benzene rings is 3. The molecule has 0 N–H and O–H groups in total. The van der Waals surface area contributed by atoms with E-state index in [1.807, 2.05) is 54.8 Å². The second-order valence-corrected chi connectivity index (χ2v) is 13.1. The summed E-state index contributed by atoms with van der Waals surface area (Å²) in [6, 6.07) is 17.2. The van der Waals surface area contributed by atoms with Gasteiger partial charge in [-0.05, 0) is 101 Å². The van der Waals surface area contributed by atoms with E-state index in [2.05, 4.69) is 25.8 Å². The zero-order valence-electron chi connectivity index (χ0n) is 27.8.